The lowest BCUT2D eigenvalue weighted by Crippen LogP contribution is -2.39. The summed E-state index contributed by atoms with van der Waals surface area (Å²) in [5.74, 6) is 2.45. The molecule has 0 unspecified atom stereocenters. The number of rotatable bonds is 15. The Hall–Kier alpha value is -6.82. The summed E-state index contributed by atoms with van der Waals surface area (Å²) in [7, 11) is 3.12. The maximum atomic E-state index is 14.0. The van der Waals surface area contributed by atoms with E-state index in [1.165, 1.54) is 0 Å². The van der Waals surface area contributed by atoms with Crippen molar-refractivity contribution in [1.29, 1.82) is 0 Å². The highest BCUT2D eigenvalue weighted by Crippen LogP contribution is 2.43. The van der Waals surface area contributed by atoms with E-state index in [-0.39, 0.29) is 42.9 Å². The number of hydrogen-bond acceptors (Lipinski definition) is 10. The van der Waals surface area contributed by atoms with Gasteiger partial charge in [-0.2, -0.15) is 0 Å². The van der Waals surface area contributed by atoms with Crippen LogP contribution in [0.3, 0.4) is 0 Å². The second-order valence-corrected chi connectivity index (χ2v) is 15.7. The zero-order valence-electron chi connectivity index (χ0n) is 34.6. The number of methoxy groups -OCH3 is 2. The first-order valence-corrected chi connectivity index (χ1v) is 20.9. The fourth-order valence-electron chi connectivity index (χ4n) is 8.69. The molecule has 4 aliphatic heterocycles. The summed E-state index contributed by atoms with van der Waals surface area (Å²) in [5, 5.41) is 3.50. The summed E-state index contributed by atoms with van der Waals surface area (Å²) in [6.07, 6.45) is 5.87. The minimum Gasteiger partial charge on any atom is -0.494 e. The number of nitrogens with one attached hydrogen (secondary N) is 1. The van der Waals surface area contributed by atoms with Crippen molar-refractivity contribution >= 4 is 46.6 Å². The van der Waals surface area contributed by atoms with E-state index in [9.17, 15) is 14.4 Å². The zero-order valence-corrected chi connectivity index (χ0v) is 34.6. The molecule has 4 aliphatic rings. The lowest BCUT2D eigenvalue weighted by molar-refractivity contribution is -0.118. The minimum absolute atomic E-state index is 0.0000349. The highest BCUT2D eigenvalue weighted by molar-refractivity contribution is 6.15. The van der Waals surface area contributed by atoms with Gasteiger partial charge in [0.1, 0.15) is 24.7 Å². The molecule has 0 bridgehead atoms. The molecule has 2 atom stereocenters. The van der Waals surface area contributed by atoms with Gasteiger partial charge in [0.05, 0.1) is 55.4 Å². The van der Waals surface area contributed by atoms with Crippen molar-refractivity contribution in [2.45, 2.75) is 70.7 Å². The van der Waals surface area contributed by atoms with Crippen molar-refractivity contribution in [3.05, 3.63) is 124 Å². The summed E-state index contributed by atoms with van der Waals surface area (Å²) in [6, 6.07) is 28.7. The van der Waals surface area contributed by atoms with Gasteiger partial charge in [-0.25, -0.2) is 0 Å². The maximum Gasteiger partial charge on any atom is 0.261 e. The number of amides is 2. The van der Waals surface area contributed by atoms with Crippen LogP contribution in [0, 0.1) is 0 Å². The van der Waals surface area contributed by atoms with Crippen LogP contribution in [0.15, 0.2) is 96.0 Å². The molecule has 5 aromatic rings. The predicted molar refractivity (Wildman–Crippen MR) is 234 cm³/mol. The fourth-order valence-corrected chi connectivity index (χ4v) is 8.69. The van der Waals surface area contributed by atoms with Crippen molar-refractivity contribution < 1.29 is 38.1 Å². The maximum absolute atomic E-state index is 14.0. The number of carbonyl (C=O) groups is 3. The van der Waals surface area contributed by atoms with Crippen LogP contribution in [0.2, 0.25) is 0 Å². The molecule has 12 heteroatoms. The number of Topliss-reactive ketones (excluding diaryl/α,β-unsaturated/α-hetero) is 1. The molecule has 4 heterocycles. The molecule has 1 N–H and O–H groups in total. The summed E-state index contributed by atoms with van der Waals surface area (Å²) in [6.45, 7) is 3.24. The molecule has 0 aromatic heterocycles. The Morgan fingerprint density at radius 2 is 1.36 bits per heavy atom. The smallest absolute Gasteiger partial charge is 0.261 e. The van der Waals surface area contributed by atoms with Crippen LogP contribution >= 0.6 is 0 Å². The van der Waals surface area contributed by atoms with Crippen LogP contribution in [0.4, 0.5) is 22.7 Å². The van der Waals surface area contributed by atoms with Crippen molar-refractivity contribution in [2.24, 2.45) is 4.99 Å². The van der Waals surface area contributed by atoms with Crippen LogP contribution in [-0.2, 0) is 30.8 Å². The van der Waals surface area contributed by atoms with E-state index in [0.29, 0.717) is 83.7 Å². The molecule has 0 saturated carbocycles. The van der Waals surface area contributed by atoms with Crippen LogP contribution in [0.1, 0.15) is 75.6 Å². The van der Waals surface area contributed by atoms with Crippen LogP contribution in [0.25, 0.3) is 0 Å². The normalized spacial score (nSPS) is 16.8. The molecule has 61 heavy (non-hydrogen) atoms. The van der Waals surface area contributed by atoms with Crippen molar-refractivity contribution in [1.82, 2.24) is 0 Å². The molecule has 9 rings (SSSR count). The van der Waals surface area contributed by atoms with Crippen LogP contribution in [-0.4, -0.2) is 63.3 Å². The minimum atomic E-state index is -0.177. The number of hydrogen-bond donors (Lipinski definition) is 1. The van der Waals surface area contributed by atoms with Gasteiger partial charge in [0.25, 0.3) is 11.8 Å². The van der Waals surface area contributed by atoms with Crippen LogP contribution < -0.4 is 38.8 Å². The van der Waals surface area contributed by atoms with Gasteiger partial charge in [0, 0.05) is 55.5 Å². The Labute approximate surface area is 355 Å². The summed E-state index contributed by atoms with van der Waals surface area (Å²) >= 11 is 0. The topological polar surface area (TPSA) is 128 Å². The first kappa shape index (κ1) is 39.6. The largest absolute Gasteiger partial charge is 0.494 e. The first-order chi connectivity index (χ1) is 29.8. The number of aliphatic imine (C=N–C) groups is 1. The molecule has 0 fully saturated rings. The predicted octanol–water partition coefficient (Wildman–Crippen LogP) is 8.67. The van der Waals surface area contributed by atoms with Crippen molar-refractivity contribution in [3.63, 3.8) is 0 Å². The standard InChI is InChI=1S/C49H48N4O8/c1-4-36(54)13-9-10-16-59-37-18-30(28-60-46-24-40-38(22-44(46)57-2)48(55)52-34(26-50-40)20-32-11-5-7-14-42(32)52)17-31(19-37)29-61-47-25-41-39(23-45(47)58-3)49(56)53-35(27-51-41)21-33-12-6-8-15-43(33)53/h5-8,11-12,14-15,17-19,22-26,34-35,51H,4,9-10,13,16,20-21,27-29H2,1-3H3/t34-,35-/m0/s1. The van der Waals surface area contributed by atoms with Gasteiger partial charge in [-0.1, -0.05) is 43.3 Å². The van der Waals surface area contributed by atoms with E-state index in [2.05, 4.69) is 11.4 Å². The molecule has 0 radical (unpaired) electrons. The van der Waals surface area contributed by atoms with Gasteiger partial charge in [0.2, 0.25) is 0 Å². The van der Waals surface area contributed by atoms with Gasteiger partial charge in [-0.15, -0.1) is 0 Å². The summed E-state index contributed by atoms with van der Waals surface area (Å²) < 4.78 is 30.6. The average molecular weight is 821 g/mol. The lowest BCUT2D eigenvalue weighted by atomic mass is 10.1. The third-order valence-corrected chi connectivity index (χ3v) is 11.8. The Bertz CT molecular complexity index is 2550. The van der Waals surface area contributed by atoms with Crippen molar-refractivity contribution in [2.75, 3.05) is 42.5 Å². The first-order valence-electron chi connectivity index (χ1n) is 20.9. The Morgan fingerprint density at radius 1 is 0.721 bits per heavy atom. The van der Waals surface area contributed by atoms with E-state index in [1.807, 2.05) is 84.8 Å². The molecule has 5 aromatic carbocycles. The third-order valence-electron chi connectivity index (χ3n) is 11.8. The van der Waals surface area contributed by atoms with Crippen LogP contribution in [0.5, 0.6) is 28.7 Å². The van der Waals surface area contributed by atoms with Gasteiger partial charge in [-0.05, 0) is 84.0 Å². The Morgan fingerprint density at radius 3 is 2.07 bits per heavy atom. The molecule has 2 amide bonds. The number of anilines is 3. The number of para-hydroxylation sites is 2. The zero-order chi connectivity index (χ0) is 42.0. The highest BCUT2D eigenvalue weighted by atomic mass is 16.5. The van der Waals surface area contributed by atoms with E-state index < -0.39 is 0 Å². The van der Waals surface area contributed by atoms with Gasteiger partial charge < -0.3 is 33.9 Å². The van der Waals surface area contributed by atoms with Gasteiger partial charge in [-0.3, -0.25) is 24.3 Å². The van der Waals surface area contributed by atoms with E-state index >= 15 is 0 Å². The third kappa shape index (κ3) is 7.85. The Balaban J connectivity index is 0.948. The highest BCUT2D eigenvalue weighted by Gasteiger charge is 2.38. The lowest BCUT2D eigenvalue weighted by Gasteiger charge is -2.22. The fraction of sp³-hybridized carbons (Fsp3) is 0.306. The molecule has 312 valence electrons. The molecular formula is C49H48N4O8. The number of unbranched alkanes of at least 4 members (excludes halogenated alkanes) is 1. The number of fused-ring (bicyclic) bond motifs is 8. The molecule has 0 spiro atoms. The quantitative estimate of drug-likeness (QED) is 0.103. The monoisotopic (exact) mass is 820 g/mol. The van der Waals surface area contributed by atoms with Gasteiger partial charge in [0.15, 0.2) is 23.0 Å². The number of nitrogens with zero attached hydrogens (tertiary/aromatic N) is 3. The number of ketones is 1. The molecule has 12 nitrogen and oxygen atoms in total. The Kier molecular flexibility index (Phi) is 11.1. The molecule has 0 aliphatic carbocycles. The second-order valence-electron chi connectivity index (χ2n) is 15.7. The average Bonchev–Trinajstić information content (AvgIpc) is 3.78. The molecular weight excluding hydrogens is 773 g/mol. The number of ether oxygens (including phenoxy) is 5. The SMILES string of the molecule is CCC(=O)CCCCOc1cc(COc2cc3c(cc2OC)C(=O)N2c4ccccc4C[C@H]2C=N3)cc(COc2cc3c(cc2OC)C(=O)N2c4ccccc4C[C@H]2CN3)c1. The number of carbonyl (C=O) groups excluding carboxylic acids is 3. The second kappa shape index (κ2) is 17.0. The van der Waals surface area contributed by atoms with Crippen molar-refractivity contribution in [3.8, 4) is 28.7 Å². The number of benzene rings is 5. The van der Waals surface area contributed by atoms with Gasteiger partial charge >= 0.3 is 0 Å². The molecule has 0 saturated heterocycles. The van der Waals surface area contributed by atoms with E-state index in [4.69, 9.17) is 28.7 Å². The summed E-state index contributed by atoms with van der Waals surface area (Å²) in [5.41, 5.74) is 7.90. The summed E-state index contributed by atoms with van der Waals surface area (Å²) in [4.78, 5) is 48.3. The van der Waals surface area contributed by atoms with E-state index in [0.717, 1.165) is 52.9 Å². The van der Waals surface area contributed by atoms with E-state index in [1.54, 1.807) is 37.3 Å².